The minimum Gasteiger partial charge on any atom is -0.385 e. The normalized spacial score (nSPS) is 25.3. The molecule has 0 amide bonds. The van der Waals surface area contributed by atoms with Crippen LogP contribution in [-0.4, -0.2) is 51.0 Å². The van der Waals surface area contributed by atoms with E-state index in [9.17, 15) is 5.11 Å². The number of pyridine rings is 1. The maximum atomic E-state index is 12.3. The van der Waals surface area contributed by atoms with Gasteiger partial charge in [0, 0.05) is 43.5 Å². The van der Waals surface area contributed by atoms with Crippen LogP contribution in [0.15, 0.2) is 35.0 Å². The van der Waals surface area contributed by atoms with E-state index in [0.717, 1.165) is 67.0 Å². The second-order valence-corrected chi connectivity index (χ2v) is 20.4. The number of hydrogen-bond donors (Lipinski definition) is 1. The number of aliphatic hydroxyl groups is 1. The smallest absolute Gasteiger partial charge is 0.201 e. The average molecular weight is 657 g/mol. The van der Waals surface area contributed by atoms with Crippen molar-refractivity contribution in [3.63, 3.8) is 0 Å². The first-order valence-corrected chi connectivity index (χ1v) is 20.1. The summed E-state index contributed by atoms with van der Waals surface area (Å²) in [5.41, 5.74) is 3.47. The highest BCUT2D eigenvalue weighted by Crippen LogP contribution is 2.56. The van der Waals surface area contributed by atoms with Crippen LogP contribution in [0.1, 0.15) is 61.3 Å². The van der Waals surface area contributed by atoms with Gasteiger partial charge in [0.1, 0.15) is 23.7 Å². The third-order valence-electron chi connectivity index (χ3n) is 9.68. The molecule has 4 atom stereocenters. The van der Waals surface area contributed by atoms with Crippen molar-refractivity contribution < 1.29 is 19.1 Å². The van der Waals surface area contributed by atoms with Gasteiger partial charge >= 0.3 is 0 Å². The van der Waals surface area contributed by atoms with Crippen molar-refractivity contribution in [2.45, 2.75) is 95.2 Å². The molecule has 0 saturated heterocycles. The standard InChI is InChI=1S/C32H39Cl2N5O4Si/c1-44(2,3)12-11-41-18-39-27-15-22(16-35-31(27)36-38-39)32(40)20-9-10-21(32)14-23(13-20)42-17-24-29(37-43-30(24)19-7-8-19)28-25(33)5-4-6-26(28)34/h4-6,15-16,19-21,23,40H,7-14,17-18H2,1-3H3/t20-,21+,23+,32+. The third-order valence-corrected chi connectivity index (χ3v) is 12.0. The second-order valence-electron chi connectivity index (χ2n) is 13.9. The highest BCUT2D eigenvalue weighted by molar-refractivity contribution is 6.76. The Morgan fingerprint density at radius 1 is 1.09 bits per heavy atom. The lowest BCUT2D eigenvalue weighted by molar-refractivity contribution is -0.116. The molecular formula is C32H39Cl2N5O4Si. The van der Waals surface area contributed by atoms with E-state index in [0.29, 0.717) is 52.8 Å². The van der Waals surface area contributed by atoms with Crippen LogP contribution >= 0.6 is 23.2 Å². The summed E-state index contributed by atoms with van der Waals surface area (Å²) >= 11 is 13.1. The van der Waals surface area contributed by atoms with E-state index in [1.165, 1.54) is 0 Å². The molecule has 3 heterocycles. The summed E-state index contributed by atoms with van der Waals surface area (Å²) in [6.45, 7) is 8.38. The molecule has 3 saturated carbocycles. The quantitative estimate of drug-likeness (QED) is 0.130. The molecule has 9 nitrogen and oxygen atoms in total. The molecule has 2 bridgehead atoms. The molecule has 3 aliphatic carbocycles. The molecule has 1 aromatic carbocycles. The maximum absolute atomic E-state index is 12.3. The molecule has 1 N–H and O–H groups in total. The molecule has 0 spiro atoms. The van der Waals surface area contributed by atoms with Gasteiger partial charge in [0.25, 0.3) is 0 Å². The van der Waals surface area contributed by atoms with Crippen LogP contribution < -0.4 is 0 Å². The van der Waals surface area contributed by atoms with Crippen molar-refractivity contribution in [1.29, 1.82) is 0 Å². The van der Waals surface area contributed by atoms with Gasteiger partial charge in [0.15, 0.2) is 0 Å². The van der Waals surface area contributed by atoms with E-state index < -0.39 is 13.7 Å². The minimum atomic E-state index is -1.18. The summed E-state index contributed by atoms with van der Waals surface area (Å²) in [7, 11) is -1.18. The number of hydrogen-bond acceptors (Lipinski definition) is 8. The van der Waals surface area contributed by atoms with Crippen molar-refractivity contribution in [2.75, 3.05) is 6.61 Å². The molecule has 44 heavy (non-hydrogen) atoms. The Kier molecular flexibility index (Phi) is 8.12. The predicted octanol–water partition coefficient (Wildman–Crippen LogP) is 7.57. The van der Waals surface area contributed by atoms with Gasteiger partial charge in [0.2, 0.25) is 5.65 Å². The second kappa shape index (κ2) is 11.8. The Labute approximate surface area is 268 Å². The molecular weight excluding hydrogens is 617 g/mol. The first-order chi connectivity index (χ1) is 21.1. The Morgan fingerprint density at radius 2 is 1.82 bits per heavy atom. The topological polar surface area (TPSA) is 108 Å². The molecule has 3 fully saturated rings. The number of halogens is 2. The van der Waals surface area contributed by atoms with E-state index in [1.54, 1.807) is 10.9 Å². The number of fused-ring (bicyclic) bond motifs is 3. The zero-order chi connectivity index (χ0) is 30.6. The molecule has 0 aliphatic heterocycles. The summed E-state index contributed by atoms with van der Waals surface area (Å²) in [6, 6.07) is 8.55. The van der Waals surface area contributed by atoms with E-state index in [4.69, 9.17) is 37.2 Å². The zero-order valence-corrected chi connectivity index (χ0v) is 27.9. The van der Waals surface area contributed by atoms with Crippen molar-refractivity contribution in [3.8, 4) is 11.3 Å². The van der Waals surface area contributed by atoms with Gasteiger partial charge in [-0.15, -0.1) is 5.10 Å². The van der Waals surface area contributed by atoms with Crippen molar-refractivity contribution >= 4 is 42.4 Å². The van der Waals surface area contributed by atoms with E-state index in [2.05, 4.69) is 40.1 Å². The molecule has 7 rings (SSSR count). The van der Waals surface area contributed by atoms with Crippen molar-refractivity contribution in [2.24, 2.45) is 11.8 Å². The van der Waals surface area contributed by atoms with Gasteiger partial charge in [-0.25, -0.2) is 9.67 Å². The molecule has 3 aromatic heterocycles. The highest BCUT2D eigenvalue weighted by Gasteiger charge is 2.55. The van der Waals surface area contributed by atoms with Gasteiger partial charge in [-0.05, 0) is 74.6 Å². The van der Waals surface area contributed by atoms with Crippen LogP contribution in [0.2, 0.25) is 35.7 Å². The molecule has 0 unspecified atom stereocenters. The fourth-order valence-corrected chi connectivity index (χ4v) is 8.39. The summed E-state index contributed by atoms with van der Waals surface area (Å²) < 4.78 is 20.1. The molecule has 12 heteroatoms. The Balaban J connectivity index is 1.07. The van der Waals surface area contributed by atoms with Gasteiger partial charge < -0.3 is 19.1 Å². The SMILES string of the molecule is C[Si](C)(C)CCOCn1nnc2ncc([C@]3(O)[C@@H]4CC[C@H]3C[C@@H](OCc3c(-c5c(Cl)cccc5Cl)noc3C3CC3)C4)cc21. The molecule has 3 aliphatic rings. The Bertz CT molecular complexity index is 1630. The van der Waals surface area contributed by atoms with Crippen LogP contribution in [0.25, 0.3) is 22.4 Å². The van der Waals surface area contributed by atoms with E-state index in [-0.39, 0.29) is 17.9 Å². The third kappa shape index (κ3) is 5.73. The van der Waals surface area contributed by atoms with E-state index in [1.807, 2.05) is 24.3 Å². The van der Waals surface area contributed by atoms with Crippen LogP contribution in [0.3, 0.4) is 0 Å². The van der Waals surface area contributed by atoms with Crippen molar-refractivity contribution in [1.82, 2.24) is 25.1 Å². The summed E-state index contributed by atoms with van der Waals surface area (Å²) in [4.78, 5) is 4.59. The van der Waals surface area contributed by atoms with Gasteiger partial charge in [0.05, 0.1) is 28.4 Å². The number of rotatable bonds is 11. The van der Waals surface area contributed by atoms with Gasteiger partial charge in [-0.2, -0.15) is 0 Å². The van der Waals surface area contributed by atoms with Crippen LogP contribution in [0.4, 0.5) is 0 Å². The van der Waals surface area contributed by atoms with Gasteiger partial charge in [-0.1, -0.05) is 59.3 Å². The molecule has 0 radical (unpaired) electrons. The first kappa shape index (κ1) is 30.3. The lowest BCUT2D eigenvalue weighted by Crippen LogP contribution is -2.44. The molecule has 4 aromatic rings. The number of benzene rings is 1. The number of ether oxygens (including phenoxy) is 2. The highest BCUT2D eigenvalue weighted by atomic mass is 35.5. The minimum absolute atomic E-state index is 0.00736. The Hall–Kier alpha value is -2.34. The molecule has 234 valence electrons. The number of nitrogens with zero attached hydrogens (tertiary/aromatic N) is 5. The number of aromatic nitrogens is 5. The van der Waals surface area contributed by atoms with Gasteiger partial charge in [-0.3, -0.25) is 0 Å². The lowest BCUT2D eigenvalue weighted by atomic mass is 9.70. The van der Waals surface area contributed by atoms with Crippen LogP contribution in [-0.2, 0) is 28.4 Å². The summed E-state index contributed by atoms with van der Waals surface area (Å²) in [5.74, 6) is 1.36. The monoisotopic (exact) mass is 655 g/mol. The zero-order valence-electron chi connectivity index (χ0n) is 25.4. The van der Waals surface area contributed by atoms with E-state index >= 15 is 0 Å². The lowest BCUT2D eigenvalue weighted by Gasteiger charge is -2.42. The van der Waals surface area contributed by atoms with Crippen LogP contribution in [0.5, 0.6) is 0 Å². The fraction of sp³-hybridized carbons (Fsp3) is 0.562. The maximum Gasteiger partial charge on any atom is 0.201 e. The Morgan fingerprint density at radius 3 is 2.50 bits per heavy atom. The fourth-order valence-electron chi connectivity index (χ4n) is 7.06. The van der Waals surface area contributed by atoms with Crippen molar-refractivity contribution in [3.05, 3.63) is 57.4 Å². The summed E-state index contributed by atoms with van der Waals surface area (Å²) in [5, 5.41) is 26.2. The summed E-state index contributed by atoms with van der Waals surface area (Å²) in [6.07, 6.45) is 7.34. The average Bonchev–Trinajstić information content (AvgIpc) is 3.59. The first-order valence-electron chi connectivity index (χ1n) is 15.7. The predicted molar refractivity (Wildman–Crippen MR) is 171 cm³/mol. The van der Waals surface area contributed by atoms with Crippen LogP contribution in [0, 0.1) is 11.8 Å². The largest absolute Gasteiger partial charge is 0.385 e.